The molecule has 0 spiro atoms. The summed E-state index contributed by atoms with van der Waals surface area (Å²) in [5.41, 5.74) is 6.32. The number of hydrogen-bond acceptors (Lipinski definition) is 5. The van der Waals surface area contributed by atoms with Crippen molar-refractivity contribution in [2.24, 2.45) is 7.05 Å². The van der Waals surface area contributed by atoms with Crippen LogP contribution in [-0.4, -0.2) is 20.6 Å². The van der Waals surface area contributed by atoms with Crippen molar-refractivity contribution >= 4 is 17.3 Å². The van der Waals surface area contributed by atoms with Gasteiger partial charge in [-0.2, -0.15) is 5.10 Å². The molecule has 104 valence electrons. The van der Waals surface area contributed by atoms with Crippen LogP contribution in [0.3, 0.4) is 0 Å². The van der Waals surface area contributed by atoms with Gasteiger partial charge in [0, 0.05) is 37.1 Å². The standard InChI is InChI=1S/C12H13N5O3/c1-16-7-8(6-15-16)5-14-12(18)10-4-9(13)2-3-11(10)17(19)20/h2-4,6-7H,5,13H2,1H3,(H,14,18). The molecule has 0 aliphatic rings. The maximum atomic E-state index is 12.0. The number of hydrogen-bond donors (Lipinski definition) is 2. The Labute approximate surface area is 114 Å². The van der Waals surface area contributed by atoms with Crippen LogP contribution in [0.2, 0.25) is 0 Å². The van der Waals surface area contributed by atoms with Gasteiger partial charge < -0.3 is 11.1 Å². The molecular weight excluding hydrogens is 262 g/mol. The number of nitro benzene ring substituents is 1. The number of anilines is 1. The molecule has 0 aliphatic heterocycles. The molecule has 0 bridgehead atoms. The summed E-state index contributed by atoms with van der Waals surface area (Å²) in [6, 6.07) is 3.89. The molecule has 0 saturated heterocycles. The molecule has 1 aromatic heterocycles. The molecule has 2 rings (SSSR count). The number of nitrogens with two attached hydrogens (primary N) is 1. The maximum Gasteiger partial charge on any atom is 0.282 e. The Morgan fingerprint density at radius 3 is 2.90 bits per heavy atom. The number of benzene rings is 1. The number of amides is 1. The van der Waals surface area contributed by atoms with E-state index >= 15 is 0 Å². The summed E-state index contributed by atoms with van der Waals surface area (Å²) in [6.07, 6.45) is 3.35. The summed E-state index contributed by atoms with van der Waals surface area (Å²) in [7, 11) is 1.76. The number of carbonyl (C=O) groups excluding carboxylic acids is 1. The third-order valence-electron chi connectivity index (χ3n) is 2.67. The predicted molar refractivity (Wildman–Crippen MR) is 71.9 cm³/mol. The largest absolute Gasteiger partial charge is 0.399 e. The lowest BCUT2D eigenvalue weighted by Crippen LogP contribution is -2.23. The van der Waals surface area contributed by atoms with Crippen molar-refractivity contribution in [3.05, 3.63) is 51.8 Å². The lowest BCUT2D eigenvalue weighted by atomic mass is 10.1. The van der Waals surface area contributed by atoms with Gasteiger partial charge in [0.25, 0.3) is 11.6 Å². The van der Waals surface area contributed by atoms with Gasteiger partial charge in [-0.3, -0.25) is 19.6 Å². The van der Waals surface area contributed by atoms with Gasteiger partial charge in [-0.25, -0.2) is 0 Å². The first kappa shape index (κ1) is 13.5. The van der Waals surface area contributed by atoms with Crippen LogP contribution in [-0.2, 0) is 13.6 Å². The molecule has 8 heteroatoms. The smallest absolute Gasteiger partial charge is 0.282 e. The third kappa shape index (κ3) is 2.91. The molecule has 8 nitrogen and oxygen atoms in total. The van der Waals surface area contributed by atoms with E-state index in [1.807, 2.05) is 0 Å². The van der Waals surface area contributed by atoms with E-state index in [1.54, 1.807) is 24.1 Å². The minimum absolute atomic E-state index is 0.0566. The van der Waals surface area contributed by atoms with Crippen LogP contribution in [0.1, 0.15) is 15.9 Å². The van der Waals surface area contributed by atoms with Crippen molar-refractivity contribution in [3.63, 3.8) is 0 Å². The lowest BCUT2D eigenvalue weighted by Gasteiger charge is -2.05. The fourth-order valence-corrected chi connectivity index (χ4v) is 1.74. The Bertz CT molecular complexity index is 665. The number of rotatable bonds is 4. The van der Waals surface area contributed by atoms with Gasteiger partial charge in [0.15, 0.2) is 0 Å². The number of nitrogens with zero attached hydrogens (tertiary/aromatic N) is 3. The molecule has 0 radical (unpaired) electrons. The number of aromatic nitrogens is 2. The van der Waals surface area contributed by atoms with Gasteiger partial charge in [-0.1, -0.05) is 0 Å². The first-order valence-corrected chi connectivity index (χ1v) is 5.77. The molecule has 0 aliphatic carbocycles. The number of nitrogen functional groups attached to an aromatic ring is 1. The highest BCUT2D eigenvalue weighted by Crippen LogP contribution is 2.21. The molecule has 0 fully saturated rings. The van der Waals surface area contributed by atoms with E-state index in [0.29, 0.717) is 5.69 Å². The average molecular weight is 275 g/mol. The maximum absolute atomic E-state index is 12.0. The van der Waals surface area contributed by atoms with E-state index in [9.17, 15) is 14.9 Å². The van der Waals surface area contributed by atoms with Crippen LogP contribution in [0.4, 0.5) is 11.4 Å². The Morgan fingerprint density at radius 1 is 1.55 bits per heavy atom. The van der Waals surface area contributed by atoms with Crippen LogP contribution >= 0.6 is 0 Å². The summed E-state index contributed by atoms with van der Waals surface area (Å²) < 4.78 is 1.60. The van der Waals surface area contributed by atoms with Gasteiger partial charge in [-0.15, -0.1) is 0 Å². The van der Waals surface area contributed by atoms with Crippen molar-refractivity contribution in [1.29, 1.82) is 0 Å². The molecule has 2 aromatic rings. The van der Waals surface area contributed by atoms with E-state index in [4.69, 9.17) is 5.73 Å². The Kier molecular flexibility index (Phi) is 3.65. The number of nitrogens with one attached hydrogen (secondary N) is 1. The van der Waals surface area contributed by atoms with E-state index in [-0.39, 0.29) is 17.8 Å². The zero-order valence-corrected chi connectivity index (χ0v) is 10.7. The third-order valence-corrected chi connectivity index (χ3v) is 2.67. The Hall–Kier alpha value is -2.90. The molecule has 1 heterocycles. The first-order valence-electron chi connectivity index (χ1n) is 5.77. The number of carbonyl (C=O) groups is 1. The molecule has 1 amide bonds. The van der Waals surface area contributed by atoms with Crippen LogP contribution < -0.4 is 11.1 Å². The molecule has 0 atom stereocenters. The van der Waals surface area contributed by atoms with Crippen molar-refractivity contribution in [2.75, 3.05) is 5.73 Å². The van der Waals surface area contributed by atoms with E-state index in [0.717, 1.165) is 5.56 Å². The summed E-state index contributed by atoms with van der Waals surface area (Å²) >= 11 is 0. The van der Waals surface area contributed by atoms with Crippen molar-refractivity contribution in [2.45, 2.75) is 6.54 Å². The van der Waals surface area contributed by atoms with Crippen molar-refractivity contribution in [3.8, 4) is 0 Å². The summed E-state index contributed by atoms with van der Waals surface area (Å²) in [5.74, 6) is -0.548. The molecule has 0 saturated carbocycles. The molecule has 20 heavy (non-hydrogen) atoms. The van der Waals surface area contributed by atoms with Gasteiger partial charge in [0.2, 0.25) is 0 Å². The topological polar surface area (TPSA) is 116 Å². The average Bonchev–Trinajstić information content (AvgIpc) is 2.81. The molecule has 1 aromatic carbocycles. The monoisotopic (exact) mass is 275 g/mol. The minimum Gasteiger partial charge on any atom is -0.399 e. The zero-order chi connectivity index (χ0) is 14.7. The second kappa shape index (κ2) is 5.39. The Morgan fingerprint density at radius 2 is 2.30 bits per heavy atom. The van der Waals surface area contributed by atoms with Crippen molar-refractivity contribution in [1.82, 2.24) is 15.1 Å². The zero-order valence-electron chi connectivity index (χ0n) is 10.7. The highest BCUT2D eigenvalue weighted by atomic mass is 16.6. The first-order chi connectivity index (χ1) is 9.47. The predicted octanol–water partition coefficient (Wildman–Crippen LogP) is 0.840. The Balaban J connectivity index is 2.16. The number of aryl methyl sites for hydroxylation is 1. The van der Waals surface area contributed by atoms with Gasteiger partial charge in [-0.05, 0) is 12.1 Å². The quantitative estimate of drug-likeness (QED) is 0.487. The molecular formula is C12H13N5O3. The van der Waals surface area contributed by atoms with E-state index < -0.39 is 10.8 Å². The highest BCUT2D eigenvalue weighted by molar-refractivity contribution is 5.98. The summed E-state index contributed by atoms with van der Waals surface area (Å²) in [6.45, 7) is 0.235. The lowest BCUT2D eigenvalue weighted by molar-refractivity contribution is -0.385. The van der Waals surface area contributed by atoms with Gasteiger partial charge in [0.05, 0.1) is 11.1 Å². The van der Waals surface area contributed by atoms with Crippen LogP contribution in [0.5, 0.6) is 0 Å². The normalized spacial score (nSPS) is 10.2. The van der Waals surface area contributed by atoms with Gasteiger partial charge >= 0.3 is 0 Å². The second-order valence-corrected chi connectivity index (χ2v) is 4.24. The minimum atomic E-state index is -0.613. The SMILES string of the molecule is Cn1cc(CNC(=O)c2cc(N)ccc2[N+](=O)[O-])cn1. The van der Waals surface area contributed by atoms with E-state index in [2.05, 4.69) is 10.4 Å². The molecule has 0 unspecified atom stereocenters. The van der Waals surface area contributed by atoms with Crippen LogP contribution in [0.25, 0.3) is 0 Å². The fourth-order valence-electron chi connectivity index (χ4n) is 1.74. The van der Waals surface area contributed by atoms with Crippen molar-refractivity contribution < 1.29 is 9.72 Å². The molecule has 3 N–H and O–H groups in total. The number of nitro groups is 1. The van der Waals surface area contributed by atoms with Gasteiger partial charge in [0.1, 0.15) is 5.56 Å². The van der Waals surface area contributed by atoms with Crippen LogP contribution in [0.15, 0.2) is 30.6 Å². The van der Waals surface area contributed by atoms with E-state index in [1.165, 1.54) is 18.2 Å². The van der Waals surface area contributed by atoms with Crippen LogP contribution in [0, 0.1) is 10.1 Å². The highest BCUT2D eigenvalue weighted by Gasteiger charge is 2.20. The fraction of sp³-hybridized carbons (Fsp3) is 0.167. The summed E-state index contributed by atoms with van der Waals surface area (Å²) in [5, 5.41) is 17.4. The summed E-state index contributed by atoms with van der Waals surface area (Å²) in [4.78, 5) is 22.3. The second-order valence-electron chi connectivity index (χ2n) is 4.24.